The minimum absolute atomic E-state index is 0.378. The third-order valence-electron chi connectivity index (χ3n) is 2.84. The molecule has 0 aliphatic carbocycles. The van der Waals surface area contributed by atoms with E-state index in [0.29, 0.717) is 11.8 Å². The predicted octanol–water partition coefficient (Wildman–Crippen LogP) is 3.89. The first kappa shape index (κ1) is 13.9. The fourth-order valence-corrected chi connectivity index (χ4v) is 3.32. The van der Waals surface area contributed by atoms with E-state index in [4.69, 9.17) is 9.47 Å². The lowest BCUT2D eigenvalue weighted by Gasteiger charge is -2.24. The van der Waals surface area contributed by atoms with E-state index in [9.17, 15) is 4.79 Å². The van der Waals surface area contributed by atoms with E-state index in [1.807, 2.05) is 20.8 Å². The van der Waals surface area contributed by atoms with Crippen LogP contribution in [0.5, 0.6) is 0 Å². The summed E-state index contributed by atoms with van der Waals surface area (Å²) in [7, 11) is 0. The van der Waals surface area contributed by atoms with Gasteiger partial charge in [0.1, 0.15) is 0 Å². The summed E-state index contributed by atoms with van der Waals surface area (Å²) >= 11 is 1.33. The normalized spacial score (nSPS) is 18.8. The number of amides is 1. The molecule has 1 aromatic carbocycles. The van der Waals surface area contributed by atoms with Crippen molar-refractivity contribution in [3.63, 3.8) is 0 Å². The molecule has 0 radical (unpaired) electrons. The average Bonchev–Trinajstić information content (AvgIpc) is 2.26. The Labute approximate surface area is 117 Å². The summed E-state index contributed by atoms with van der Waals surface area (Å²) in [6.07, 6.45) is -0.591. The number of cyclic esters (lactones) is 1. The van der Waals surface area contributed by atoms with Gasteiger partial charge in [0.2, 0.25) is 0 Å². The maximum atomic E-state index is 11.5. The fraction of sp³-hybridized carbons (Fsp3) is 0.429. The van der Waals surface area contributed by atoms with Crippen molar-refractivity contribution < 1.29 is 14.3 Å². The first-order valence-corrected chi connectivity index (χ1v) is 7.05. The number of aliphatic imine (C=N–C) groups is 1. The van der Waals surface area contributed by atoms with Crippen molar-refractivity contribution in [1.82, 2.24) is 0 Å². The van der Waals surface area contributed by atoms with Gasteiger partial charge in [0.25, 0.3) is 5.23 Å². The van der Waals surface area contributed by atoms with Gasteiger partial charge in [0.15, 0.2) is 5.44 Å². The first-order chi connectivity index (χ1) is 9.01. The number of aryl methyl sites for hydroxylation is 3. The quantitative estimate of drug-likeness (QED) is 0.824. The predicted molar refractivity (Wildman–Crippen MR) is 76.5 cm³/mol. The van der Waals surface area contributed by atoms with E-state index in [-0.39, 0.29) is 5.44 Å². The second-order valence-electron chi connectivity index (χ2n) is 4.46. The Bertz CT molecular complexity index is 516. The van der Waals surface area contributed by atoms with Crippen molar-refractivity contribution in [3.05, 3.63) is 34.4 Å². The molecule has 0 spiro atoms. The third kappa shape index (κ3) is 3.10. The molecule has 1 amide bonds. The second kappa shape index (κ2) is 5.65. The van der Waals surface area contributed by atoms with Crippen molar-refractivity contribution in [2.45, 2.75) is 33.1 Å². The summed E-state index contributed by atoms with van der Waals surface area (Å²) in [6.45, 7) is 8.45. The number of ether oxygens (including phenoxy) is 2. The molecule has 0 saturated heterocycles. The monoisotopic (exact) mass is 279 g/mol. The van der Waals surface area contributed by atoms with Crippen LogP contribution in [0, 0.1) is 20.8 Å². The summed E-state index contributed by atoms with van der Waals surface area (Å²) in [5, 5.41) is 0.378. The molecule has 1 unspecified atom stereocenters. The summed E-state index contributed by atoms with van der Waals surface area (Å²) in [6, 6.07) is 4.17. The molecule has 19 heavy (non-hydrogen) atoms. The zero-order chi connectivity index (χ0) is 14.0. The zero-order valence-electron chi connectivity index (χ0n) is 11.5. The Morgan fingerprint density at radius 2 is 1.95 bits per heavy atom. The van der Waals surface area contributed by atoms with Gasteiger partial charge in [0.05, 0.1) is 6.61 Å². The maximum Gasteiger partial charge on any atom is 0.438 e. The molecule has 0 N–H and O–H groups in total. The first-order valence-electron chi connectivity index (χ1n) is 6.17. The lowest BCUT2D eigenvalue weighted by atomic mass is 10.0. The van der Waals surface area contributed by atoms with Gasteiger partial charge in [-0.25, -0.2) is 4.79 Å². The number of carbonyl (C=O) groups is 1. The molecule has 1 atom stereocenters. The van der Waals surface area contributed by atoms with Gasteiger partial charge in [-0.15, -0.1) is 4.99 Å². The molecule has 5 heteroatoms. The highest BCUT2D eigenvalue weighted by Gasteiger charge is 2.29. The molecular formula is C14H17NO3S. The average molecular weight is 279 g/mol. The standard InChI is InChI=1S/C14H17NO3S/c1-5-17-14-15-13(16)18-12(19-14)11-9(3)6-8(2)7-10(11)4/h6-7,12H,5H2,1-4H3. The van der Waals surface area contributed by atoms with E-state index in [0.717, 1.165) is 16.7 Å². The lowest BCUT2D eigenvalue weighted by Crippen LogP contribution is -2.18. The van der Waals surface area contributed by atoms with E-state index in [1.165, 1.54) is 17.3 Å². The molecular weight excluding hydrogens is 262 g/mol. The van der Waals surface area contributed by atoms with Crippen LogP contribution in [0.1, 0.15) is 34.6 Å². The minimum atomic E-state index is -0.591. The topological polar surface area (TPSA) is 47.9 Å². The van der Waals surface area contributed by atoms with E-state index >= 15 is 0 Å². The Morgan fingerprint density at radius 3 is 2.53 bits per heavy atom. The minimum Gasteiger partial charge on any atom is -0.473 e. The number of thioether (sulfide) groups is 1. The SMILES string of the molecule is CCOC1=NC(=O)OC(c2c(C)cc(C)cc2C)S1. The van der Waals surface area contributed by atoms with Gasteiger partial charge in [-0.05, 0) is 50.6 Å². The largest absolute Gasteiger partial charge is 0.473 e. The Morgan fingerprint density at radius 1 is 1.32 bits per heavy atom. The van der Waals surface area contributed by atoms with Crippen LogP contribution in [-0.4, -0.2) is 17.9 Å². The molecule has 0 aromatic heterocycles. The van der Waals surface area contributed by atoms with Crippen molar-refractivity contribution in [2.24, 2.45) is 4.99 Å². The number of nitrogens with zero attached hydrogens (tertiary/aromatic N) is 1. The van der Waals surface area contributed by atoms with Crippen molar-refractivity contribution in [2.75, 3.05) is 6.61 Å². The van der Waals surface area contributed by atoms with Crippen LogP contribution in [0.3, 0.4) is 0 Å². The number of carbonyl (C=O) groups excluding carboxylic acids is 1. The summed E-state index contributed by atoms with van der Waals surface area (Å²) < 4.78 is 10.6. The maximum absolute atomic E-state index is 11.5. The molecule has 2 rings (SSSR count). The number of rotatable bonds is 2. The Kier molecular flexibility index (Phi) is 4.14. The van der Waals surface area contributed by atoms with E-state index in [2.05, 4.69) is 24.0 Å². The number of hydrogen-bond acceptors (Lipinski definition) is 4. The van der Waals surface area contributed by atoms with Gasteiger partial charge < -0.3 is 9.47 Å². The molecule has 0 fully saturated rings. The van der Waals surface area contributed by atoms with Gasteiger partial charge >= 0.3 is 6.09 Å². The lowest BCUT2D eigenvalue weighted by molar-refractivity contribution is 0.143. The fourth-order valence-electron chi connectivity index (χ4n) is 2.21. The zero-order valence-corrected chi connectivity index (χ0v) is 12.3. The van der Waals surface area contributed by atoms with Crippen LogP contribution in [0.2, 0.25) is 0 Å². The van der Waals surface area contributed by atoms with Gasteiger partial charge in [0, 0.05) is 5.56 Å². The molecule has 4 nitrogen and oxygen atoms in total. The highest BCUT2D eigenvalue weighted by atomic mass is 32.2. The van der Waals surface area contributed by atoms with Crippen molar-refractivity contribution in [1.29, 1.82) is 0 Å². The Balaban J connectivity index is 2.33. The van der Waals surface area contributed by atoms with Crippen LogP contribution in [-0.2, 0) is 9.47 Å². The highest BCUT2D eigenvalue weighted by Crippen LogP contribution is 2.38. The van der Waals surface area contributed by atoms with E-state index in [1.54, 1.807) is 0 Å². The van der Waals surface area contributed by atoms with E-state index < -0.39 is 6.09 Å². The van der Waals surface area contributed by atoms with Gasteiger partial charge in [-0.1, -0.05) is 17.7 Å². The van der Waals surface area contributed by atoms with Crippen LogP contribution in [0.4, 0.5) is 4.79 Å². The summed E-state index contributed by atoms with van der Waals surface area (Å²) in [5.41, 5.74) is 4.06. The molecule has 0 bridgehead atoms. The summed E-state index contributed by atoms with van der Waals surface area (Å²) in [4.78, 5) is 15.2. The molecule has 1 aliphatic heterocycles. The Hall–Kier alpha value is -1.49. The van der Waals surface area contributed by atoms with Crippen molar-refractivity contribution >= 4 is 23.1 Å². The van der Waals surface area contributed by atoms with Crippen molar-refractivity contribution in [3.8, 4) is 0 Å². The molecule has 0 saturated carbocycles. The highest BCUT2D eigenvalue weighted by molar-refractivity contribution is 8.13. The molecule has 1 aliphatic rings. The second-order valence-corrected chi connectivity index (χ2v) is 5.47. The molecule has 1 aromatic rings. The molecule has 1 heterocycles. The van der Waals surface area contributed by atoms with Crippen LogP contribution in [0.15, 0.2) is 17.1 Å². The van der Waals surface area contributed by atoms with Crippen LogP contribution in [0.25, 0.3) is 0 Å². The molecule has 102 valence electrons. The van der Waals surface area contributed by atoms with Crippen LogP contribution >= 0.6 is 11.8 Å². The van der Waals surface area contributed by atoms with Gasteiger partial charge in [-0.2, -0.15) is 0 Å². The number of benzene rings is 1. The summed E-state index contributed by atoms with van der Waals surface area (Å²) in [5.74, 6) is 0. The van der Waals surface area contributed by atoms with Gasteiger partial charge in [-0.3, -0.25) is 0 Å². The third-order valence-corrected chi connectivity index (χ3v) is 3.80. The van der Waals surface area contributed by atoms with Crippen LogP contribution < -0.4 is 0 Å². The smallest absolute Gasteiger partial charge is 0.438 e. The number of hydrogen-bond donors (Lipinski definition) is 0.